The van der Waals surface area contributed by atoms with Crippen LogP contribution in [-0.4, -0.2) is 24.5 Å². The first kappa shape index (κ1) is 11.7. The van der Waals surface area contributed by atoms with Crippen molar-refractivity contribution in [2.45, 2.75) is 0 Å². The van der Waals surface area contributed by atoms with Crippen LogP contribution in [0.15, 0.2) is 67.5 Å². The molecule has 5 nitrogen and oxygen atoms in total. The Balaban J connectivity index is 1.87. The van der Waals surface area contributed by atoms with Crippen molar-refractivity contribution >= 4 is 11.0 Å². The molecule has 0 atom stereocenters. The predicted molar refractivity (Wildman–Crippen MR) is 79.9 cm³/mol. The first-order valence-electron chi connectivity index (χ1n) is 6.57. The Labute approximate surface area is 121 Å². The molecule has 0 saturated carbocycles. The normalized spacial score (nSPS) is 10.9. The van der Waals surface area contributed by atoms with Crippen LogP contribution in [0.2, 0.25) is 0 Å². The van der Waals surface area contributed by atoms with Gasteiger partial charge in [-0.25, -0.2) is 9.97 Å². The molecule has 3 heterocycles. The molecular formula is C16H11N5. The van der Waals surface area contributed by atoms with Gasteiger partial charge in [0.05, 0.1) is 29.1 Å². The molecule has 0 saturated heterocycles. The van der Waals surface area contributed by atoms with E-state index in [1.165, 1.54) is 0 Å². The zero-order valence-corrected chi connectivity index (χ0v) is 11.1. The summed E-state index contributed by atoms with van der Waals surface area (Å²) in [6.45, 7) is 0. The van der Waals surface area contributed by atoms with Gasteiger partial charge in [0.15, 0.2) is 5.82 Å². The Bertz CT molecular complexity index is 899. The molecule has 0 aliphatic heterocycles. The van der Waals surface area contributed by atoms with Crippen LogP contribution >= 0.6 is 0 Å². The van der Waals surface area contributed by atoms with Crippen molar-refractivity contribution in [2.75, 3.05) is 0 Å². The molecule has 0 bridgehead atoms. The Morgan fingerprint density at radius 3 is 2.62 bits per heavy atom. The van der Waals surface area contributed by atoms with Crippen LogP contribution < -0.4 is 0 Å². The monoisotopic (exact) mass is 273 g/mol. The molecule has 3 aromatic heterocycles. The van der Waals surface area contributed by atoms with Gasteiger partial charge in [0.2, 0.25) is 0 Å². The lowest BCUT2D eigenvalue weighted by Gasteiger charge is -2.05. The summed E-state index contributed by atoms with van der Waals surface area (Å²) in [6, 6.07) is 11.8. The lowest BCUT2D eigenvalue weighted by atomic mass is 10.2. The highest BCUT2D eigenvalue weighted by Crippen LogP contribution is 2.19. The number of imidazole rings is 1. The summed E-state index contributed by atoms with van der Waals surface area (Å²) in [4.78, 5) is 17.4. The van der Waals surface area contributed by atoms with Crippen molar-refractivity contribution in [1.29, 1.82) is 0 Å². The van der Waals surface area contributed by atoms with Crippen LogP contribution in [0.4, 0.5) is 0 Å². The highest BCUT2D eigenvalue weighted by atomic mass is 15.1. The van der Waals surface area contributed by atoms with E-state index in [0.29, 0.717) is 0 Å². The number of aromatic nitrogens is 5. The number of rotatable bonds is 2. The number of nitrogens with zero attached hydrogens (tertiary/aromatic N) is 5. The van der Waals surface area contributed by atoms with E-state index in [0.717, 1.165) is 28.1 Å². The molecule has 0 aliphatic rings. The molecule has 5 heteroatoms. The average molecular weight is 273 g/mol. The van der Waals surface area contributed by atoms with Crippen LogP contribution in [0.3, 0.4) is 0 Å². The van der Waals surface area contributed by atoms with Crippen LogP contribution in [0.5, 0.6) is 0 Å². The first-order valence-corrected chi connectivity index (χ1v) is 6.57. The SMILES string of the molecule is c1ccc2c(c1)ncn2-c1cncc(-c2ccncc2)n1. The van der Waals surface area contributed by atoms with Crippen LogP contribution in [0.1, 0.15) is 0 Å². The van der Waals surface area contributed by atoms with Gasteiger partial charge in [-0.1, -0.05) is 12.1 Å². The standard InChI is InChI=1S/C16H11N5/c1-2-4-15-13(3-1)19-11-21(15)16-10-18-9-14(20-16)12-5-7-17-8-6-12/h1-11H. The number of hydrogen-bond donors (Lipinski definition) is 0. The maximum absolute atomic E-state index is 4.67. The van der Waals surface area contributed by atoms with Gasteiger partial charge in [-0.2, -0.15) is 0 Å². The summed E-state index contributed by atoms with van der Waals surface area (Å²) >= 11 is 0. The van der Waals surface area contributed by atoms with Crippen LogP contribution in [0, 0.1) is 0 Å². The third-order valence-corrected chi connectivity index (χ3v) is 3.30. The molecule has 0 unspecified atom stereocenters. The van der Waals surface area contributed by atoms with E-state index in [1.807, 2.05) is 41.0 Å². The second-order valence-corrected chi connectivity index (χ2v) is 4.60. The van der Waals surface area contributed by atoms with E-state index >= 15 is 0 Å². The molecule has 0 N–H and O–H groups in total. The molecule has 0 spiro atoms. The van der Waals surface area contributed by atoms with Gasteiger partial charge in [0, 0.05) is 18.0 Å². The fraction of sp³-hybridized carbons (Fsp3) is 0. The van der Waals surface area contributed by atoms with E-state index in [1.54, 1.807) is 31.1 Å². The van der Waals surface area contributed by atoms with E-state index in [9.17, 15) is 0 Å². The third-order valence-electron chi connectivity index (χ3n) is 3.30. The van der Waals surface area contributed by atoms with Crippen molar-refractivity contribution in [3.8, 4) is 17.1 Å². The highest BCUT2D eigenvalue weighted by Gasteiger charge is 2.07. The van der Waals surface area contributed by atoms with E-state index in [4.69, 9.17) is 0 Å². The summed E-state index contributed by atoms with van der Waals surface area (Å²) in [5.74, 6) is 0.748. The van der Waals surface area contributed by atoms with E-state index in [-0.39, 0.29) is 0 Å². The zero-order chi connectivity index (χ0) is 14.1. The van der Waals surface area contributed by atoms with Gasteiger partial charge in [0.25, 0.3) is 0 Å². The average Bonchev–Trinajstić information content (AvgIpc) is 3.00. The molecule has 0 radical (unpaired) electrons. The molecule has 4 rings (SSSR count). The Morgan fingerprint density at radius 2 is 1.71 bits per heavy atom. The second-order valence-electron chi connectivity index (χ2n) is 4.60. The molecule has 100 valence electrons. The van der Waals surface area contributed by atoms with Crippen molar-refractivity contribution in [3.05, 3.63) is 67.5 Å². The van der Waals surface area contributed by atoms with Crippen molar-refractivity contribution in [3.63, 3.8) is 0 Å². The topological polar surface area (TPSA) is 56.5 Å². The molecule has 0 amide bonds. The van der Waals surface area contributed by atoms with Crippen molar-refractivity contribution in [1.82, 2.24) is 24.5 Å². The van der Waals surface area contributed by atoms with Gasteiger partial charge in [0.1, 0.15) is 6.33 Å². The Kier molecular flexibility index (Phi) is 2.67. The molecule has 4 aromatic rings. The smallest absolute Gasteiger partial charge is 0.157 e. The minimum absolute atomic E-state index is 0.748. The Hall–Kier alpha value is -3.08. The van der Waals surface area contributed by atoms with Crippen molar-refractivity contribution < 1.29 is 0 Å². The zero-order valence-electron chi connectivity index (χ0n) is 11.1. The number of hydrogen-bond acceptors (Lipinski definition) is 4. The fourth-order valence-corrected chi connectivity index (χ4v) is 2.28. The minimum Gasteiger partial charge on any atom is -0.282 e. The second kappa shape index (κ2) is 4.79. The van der Waals surface area contributed by atoms with Gasteiger partial charge >= 0.3 is 0 Å². The summed E-state index contributed by atoms with van der Waals surface area (Å²) in [5.41, 5.74) is 3.75. The molecule has 0 aliphatic carbocycles. The summed E-state index contributed by atoms with van der Waals surface area (Å²) in [5, 5.41) is 0. The number of para-hydroxylation sites is 2. The van der Waals surface area contributed by atoms with Crippen LogP contribution in [0.25, 0.3) is 28.1 Å². The van der Waals surface area contributed by atoms with Crippen molar-refractivity contribution in [2.24, 2.45) is 0 Å². The number of pyridine rings is 1. The lowest BCUT2D eigenvalue weighted by molar-refractivity contribution is 0.999. The molecular weight excluding hydrogens is 262 g/mol. The lowest BCUT2D eigenvalue weighted by Crippen LogP contribution is -1.98. The van der Waals surface area contributed by atoms with E-state index in [2.05, 4.69) is 19.9 Å². The molecule has 21 heavy (non-hydrogen) atoms. The van der Waals surface area contributed by atoms with Gasteiger partial charge in [-0.05, 0) is 24.3 Å². The molecule has 1 aromatic carbocycles. The minimum atomic E-state index is 0.748. The third kappa shape index (κ3) is 2.04. The first-order chi connectivity index (χ1) is 10.4. The summed E-state index contributed by atoms with van der Waals surface area (Å²) in [7, 11) is 0. The summed E-state index contributed by atoms with van der Waals surface area (Å²) < 4.78 is 1.94. The van der Waals surface area contributed by atoms with Crippen LogP contribution in [-0.2, 0) is 0 Å². The maximum atomic E-state index is 4.67. The van der Waals surface area contributed by atoms with E-state index < -0.39 is 0 Å². The number of fused-ring (bicyclic) bond motifs is 1. The highest BCUT2D eigenvalue weighted by molar-refractivity contribution is 5.76. The number of benzene rings is 1. The maximum Gasteiger partial charge on any atom is 0.157 e. The quantitative estimate of drug-likeness (QED) is 0.563. The largest absolute Gasteiger partial charge is 0.282 e. The van der Waals surface area contributed by atoms with Gasteiger partial charge < -0.3 is 0 Å². The van der Waals surface area contributed by atoms with Gasteiger partial charge in [-0.3, -0.25) is 14.5 Å². The predicted octanol–water partition coefficient (Wildman–Crippen LogP) is 2.88. The van der Waals surface area contributed by atoms with Gasteiger partial charge in [-0.15, -0.1) is 0 Å². The fourth-order valence-electron chi connectivity index (χ4n) is 2.28. The summed E-state index contributed by atoms with van der Waals surface area (Å²) in [6.07, 6.45) is 8.74. The Morgan fingerprint density at radius 1 is 0.857 bits per heavy atom. The molecule has 0 fully saturated rings.